The lowest BCUT2D eigenvalue weighted by Crippen LogP contribution is -2.10. The lowest BCUT2D eigenvalue weighted by molar-refractivity contribution is 0.318. The maximum Gasteiger partial charge on any atom is 0.277 e. The quantitative estimate of drug-likeness (QED) is 0.707. The Morgan fingerprint density at radius 2 is 2.27 bits per heavy atom. The molecule has 1 heterocycles. The molecule has 1 unspecified atom stereocenters. The van der Waals surface area contributed by atoms with Gasteiger partial charge in [0.15, 0.2) is 0 Å². The van der Waals surface area contributed by atoms with Crippen LogP contribution < -0.4 is 5.73 Å². The van der Waals surface area contributed by atoms with Gasteiger partial charge in [0.2, 0.25) is 0 Å². The van der Waals surface area contributed by atoms with Gasteiger partial charge in [-0.05, 0) is 24.8 Å². The van der Waals surface area contributed by atoms with Crippen LogP contribution in [-0.2, 0) is 0 Å². The first-order valence-electron chi connectivity index (χ1n) is 3.78. The number of hydrogen-bond donors (Lipinski definition) is 1. The van der Waals surface area contributed by atoms with Gasteiger partial charge in [-0.2, -0.15) is 4.39 Å². The van der Waals surface area contributed by atoms with E-state index in [-0.39, 0.29) is 6.04 Å². The summed E-state index contributed by atoms with van der Waals surface area (Å²) in [5.41, 5.74) is 5.75. The van der Waals surface area contributed by atoms with Crippen LogP contribution in [0, 0.1) is 11.9 Å². The molecule has 1 aliphatic carbocycles. The first kappa shape index (κ1) is 6.85. The van der Waals surface area contributed by atoms with E-state index in [1.165, 1.54) is 6.07 Å². The van der Waals surface area contributed by atoms with E-state index in [0.29, 0.717) is 11.7 Å². The van der Waals surface area contributed by atoms with Crippen LogP contribution in [0.4, 0.5) is 4.39 Å². The topological polar surface area (TPSA) is 39.2 Å². The van der Waals surface area contributed by atoms with Gasteiger partial charge in [0.1, 0.15) is 5.76 Å². The third-order valence-corrected chi connectivity index (χ3v) is 2.05. The standard InChI is InChI=1S/C8H10FNO/c9-7-4-3-6(11-7)8(10)5-1-2-5/h3-5,8H,1-2,10H2. The summed E-state index contributed by atoms with van der Waals surface area (Å²) < 4.78 is 17.1. The minimum Gasteiger partial charge on any atom is -0.434 e. The largest absolute Gasteiger partial charge is 0.434 e. The average Bonchev–Trinajstić information content (AvgIpc) is 2.74. The molecule has 2 N–H and O–H groups in total. The van der Waals surface area contributed by atoms with Gasteiger partial charge < -0.3 is 10.2 Å². The Labute approximate surface area is 64.2 Å². The Balaban J connectivity index is 2.14. The van der Waals surface area contributed by atoms with Crippen molar-refractivity contribution in [2.24, 2.45) is 11.7 Å². The molecule has 11 heavy (non-hydrogen) atoms. The van der Waals surface area contributed by atoms with E-state index in [4.69, 9.17) is 10.2 Å². The van der Waals surface area contributed by atoms with Crippen molar-refractivity contribution < 1.29 is 8.81 Å². The Morgan fingerprint density at radius 3 is 2.73 bits per heavy atom. The molecule has 0 bridgehead atoms. The zero-order valence-electron chi connectivity index (χ0n) is 6.09. The van der Waals surface area contributed by atoms with Gasteiger partial charge in [0.05, 0.1) is 6.04 Å². The lowest BCUT2D eigenvalue weighted by Gasteiger charge is -2.04. The van der Waals surface area contributed by atoms with Crippen molar-refractivity contribution in [1.29, 1.82) is 0 Å². The van der Waals surface area contributed by atoms with Crippen LogP contribution in [0.25, 0.3) is 0 Å². The van der Waals surface area contributed by atoms with E-state index in [0.717, 1.165) is 12.8 Å². The van der Waals surface area contributed by atoms with Gasteiger partial charge >= 0.3 is 0 Å². The minimum atomic E-state index is -0.545. The highest BCUT2D eigenvalue weighted by atomic mass is 19.1. The molecule has 1 fully saturated rings. The summed E-state index contributed by atoms with van der Waals surface area (Å²) in [6.07, 6.45) is 2.28. The number of hydrogen-bond acceptors (Lipinski definition) is 2. The molecule has 3 heteroatoms. The van der Waals surface area contributed by atoms with Crippen molar-refractivity contribution >= 4 is 0 Å². The molecule has 0 aromatic carbocycles. The summed E-state index contributed by atoms with van der Waals surface area (Å²) in [5.74, 6) is 1.09. The summed E-state index contributed by atoms with van der Waals surface area (Å²) in [6, 6.07) is 2.27. The van der Waals surface area contributed by atoms with E-state index in [1.807, 2.05) is 0 Å². The van der Waals surface area contributed by atoms with Gasteiger partial charge in [-0.3, -0.25) is 0 Å². The molecule has 1 saturated carbocycles. The highest BCUT2D eigenvalue weighted by Gasteiger charge is 2.31. The second kappa shape index (κ2) is 2.34. The second-order valence-electron chi connectivity index (χ2n) is 3.01. The van der Waals surface area contributed by atoms with Crippen LogP contribution in [-0.4, -0.2) is 0 Å². The van der Waals surface area contributed by atoms with Gasteiger partial charge in [0, 0.05) is 6.07 Å². The average molecular weight is 155 g/mol. The molecule has 0 spiro atoms. The van der Waals surface area contributed by atoms with E-state index < -0.39 is 6.01 Å². The molecule has 0 saturated heterocycles. The molecule has 1 aromatic rings. The normalized spacial score (nSPS) is 20.2. The Bertz CT molecular complexity index is 254. The van der Waals surface area contributed by atoms with Gasteiger partial charge in [-0.25, -0.2) is 0 Å². The summed E-state index contributed by atoms with van der Waals surface area (Å²) in [5, 5.41) is 0. The first-order valence-corrected chi connectivity index (χ1v) is 3.78. The van der Waals surface area contributed by atoms with E-state index in [1.54, 1.807) is 6.07 Å². The van der Waals surface area contributed by atoms with Crippen LogP contribution >= 0.6 is 0 Å². The fraction of sp³-hybridized carbons (Fsp3) is 0.500. The van der Waals surface area contributed by atoms with Crippen molar-refractivity contribution in [3.8, 4) is 0 Å². The molecule has 2 nitrogen and oxygen atoms in total. The fourth-order valence-electron chi connectivity index (χ4n) is 1.20. The summed E-state index contributed by atoms with van der Waals surface area (Å²) in [4.78, 5) is 0. The molecular formula is C8H10FNO. The second-order valence-corrected chi connectivity index (χ2v) is 3.01. The van der Waals surface area contributed by atoms with Crippen molar-refractivity contribution in [2.45, 2.75) is 18.9 Å². The van der Waals surface area contributed by atoms with E-state index >= 15 is 0 Å². The van der Waals surface area contributed by atoms with Gasteiger partial charge in [0.25, 0.3) is 6.01 Å². The zero-order valence-corrected chi connectivity index (χ0v) is 6.09. The molecule has 0 radical (unpaired) electrons. The van der Waals surface area contributed by atoms with Crippen molar-refractivity contribution in [2.75, 3.05) is 0 Å². The maximum absolute atomic E-state index is 12.3. The molecule has 1 atom stereocenters. The fourth-order valence-corrected chi connectivity index (χ4v) is 1.20. The Hall–Kier alpha value is -0.830. The van der Waals surface area contributed by atoms with Gasteiger partial charge in [-0.15, -0.1) is 0 Å². The number of rotatable bonds is 2. The number of halogens is 1. The molecule has 2 rings (SSSR count). The molecular weight excluding hydrogens is 145 g/mol. The Morgan fingerprint density at radius 1 is 1.55 bits per heavy atom. The SMILES string of the molecule is NC(c1ccc(F)o1)C1CC1. The molecule has 60 valence electrons. The third kappa shape index (κ3) is 1.28. The third-order valence-electron chi connectivity index (χ3n) is 2.05. The van der Waals surface area contributed by atoms with Gasteiger partial charge in [-0.1, -0.05) is 0 Å². The zero-order chi connectivity index (χ0) is 7.84. The summed E-state index contributed by atoms with van der Waals surface area (Å²) in [6.45, 7) is 0. The number of nitrogens with two attached hydrogens (primary N) is 1. The Kier molecular flexibility index (Phi) is 1.46. The van der Waals surface area contributed by atoms with Crippen LogP contribution in [0.3, 0.4) is 0 Å². The molecule has 0 amide bonds. The first-order chi connectivity index (χ1) is 5.27. The summed E-state index contributed by atoms with van der Waals surface area (Å²) >= 11 is 0. The lowest BCUT2D eigenvalue weighted by atomic mass is 10.1. The highest BCUT2D eigenvalue weighted by Crippen LogP contribution is 2.39. The molecule has 1 aliphatic rings. The highest BCUT2D eigenvalue weighted by molar-refractivity contribution is 5.08. The van der Waals surface area contributed by atoms with Crippen molar-refractivity contribution in [1.82, 2.24) is 0 Å². The smallest absolute Gasteiger partial charge is 0.277 e. The number of furan rings is 1. The maximum atomic E-state index is 12.3. The van der Waals surface area contributed by atoms with Crippen molar-refractivity contribution in [3.63, 3.8) is 0 Å². The summed E-state index contributed by atoms with van der Waals surface area (Å²) in [7, 11) is 0. The van der Waals surface area contributed by atoms with Crippen molar-refractivity contribution in [3.05, 3.63) is 23.9 Å². The van der Waals surface area contributed by atoms with E-state index in [2.05, 4.69) is 0 Å². The molecule has 0 aliphatic heterocycles. The van der Waals surface area contributed by atoms with Crippen LogP contribution in [0.2, 0.25) is 0 Å². The predicted molar refractivity (Wildman–Crippen MR) is 38.3 cm³/mol. The predicted octanol–water partition coefficient (Wildman–Crippen LogP) is 1.83. The monoisotopic (exact) mass is 155 g/mol. The van der Waals surface area contributed by atoms with E-state index in [9.17, 15) is 4.39 Å². The molecule has 1 aromatic heterocycles. The van der Waals surface area contributed by atoms with Crippen LogP contribution in [0.1, 0.15) is 24.6 Å². The van der Waals surface area contributed by atoms with Crippen LogP contribution in [0.5, 0.6) is 0 Å². The minimum absolute atomic E-state index is 0.0977. The van der Waals surface area contributed by atoms with Crippen LogP contribution in [0.15, 0.2) is 16.5 Å².